The molecule has 0 saturated heterocycles. The summed E-state index contributed by atoms with van der Waals surface area (Å²) in [7, 11) is -6.00. The molecule has 136 heavy (non-hydrogen) atoms. The van der Waals surface area contributed by atoms with Crippen LogP contribution < -0.4 is 9.97 Å². The molecule has 4 aliphatic heterocycles. The van der Waals surface area contributed by atoms with Gasteiger partial charge in [-0.3, -0.25) is 0 Å². The number of nitrogens with one attached hydrogen (secondary N) is 2. The van der Waals surface area contributed by atoms with Gasteiger partial charge in [-0.2, -0.15) is 0 Å². The Labute approximate surface area is 820 Å². The minimum atomic E-state index is -6.00. The minimum Gasteiger partial charge on any atom is -0.657 e. The van der Waals surface area contributed by atoms with Crippen molar-refractivity contribution in [1.29, 1.82) is 0 Å². The number of hydrogen-bond donors (Lipinski definition) is 2. The van der Waals surface area contributed by atoms with E-state index in [4.69, 9.17) is 29.9 Å². The number of aryl methyl sites for hydroxylation is 8. The Balaban J connectivity index is 0.00000240. The largest absolute Gasteiger partial charge is 3.00 e. The molecule has 0 saturated carbocycles. The van der Waals surface area contributed by atoms with E-state index in [0.29, 0.717) is 0 Å². The number of benzene rings is 6. The second kappa shape index (κ2) is 39.1. The summed E-state index contributed by atoms with van der Waals surface area (Å²) in [5, 5.41) is 0. The zero-order chi connectivity index (χ0) is 97.3. The molecule has 0 radical (unpaired) electrons. The summed E-state index contributed by atoms with van der Waals surface area (Å²) in [5.41, 5.74) is 54.6. The average Bonchev–Trinajstić information content (AvgIpc) is 1.59. The van der Waals surface area contributed by atoms with E-state index in [0.717, 1.165) is 225 Å². The van der Waals surface area contributed by atoms with Gasteiger partial charge in [-0.25, -0.2) is 19.9 Å². The van der Waals surface area contributed by atoms with Crippen molar-refractivity contribution in [3.05, 3.63) is 303 Å². The molecule has 2 N–H and O–H groups in total. The predicted octanol–water partition coefficient (Wildman–Crippen LogP) is 32.4. The third-order valence-corrected chi connectivity index (χ3v) is 27.9. The van der Waals surface area contributed by atoms with Gasteiger partial charge in [0.1, 0.15) is 0 Å². The first-order valence-corrected chi connectivity index (χ1v) is 48.4. The van der Waals surface area contributed by atoms with Crippen LogP contribution >= 0.6 is 0 Å². The molecule has 0 fully saturated rings. The fourth-order valence-electron chi connectivity index (χ4n) is 20.0. The molecular weight excluding hydrogens is 1860 g/mol. The first-order chi connectivity index (χ1) is 63.9. The summed E-state index contributed by atoms with van der Waals surface area (Å²) >= 11 is 0. The fraction of sp³-hybridized carbons (Fsp3) is 0.328. The van der Waals surface area contributed by atoms with Crippen LogP contribution in [0.15, 0.2) is 158 Å². The maximum atomic E-state index is 9.75. The van der Waals surface area contributed by atoms with Crippen molar-refractivity contribution < 1.29 is 39.6 Å². The molecule has 6 aromatic heterocycles. The van der Waals surface area contributed by atoms with Gasteiger partial charge in [0.05, 0.1) is 56.6 Å². The number of aromatic nitrogens is 8. The molecule has 0 atom stereocenters. The number of aromatic amines is 2. The van der Waals surface area contributed by atoms with Gasteiger partial charge in [0, 0.05) is 55.5 Å². The summed E-state index contributed by atoms with van der Waals surface area (Å²) in [5.74, 6) is 20.7. The minimum absolute atomic E-state index is 0. The van der Waals surface area contributed by atoms with E-state index in [1.54, 1.807) is 0 Å². The van der Waals surface area contributed by atoms with Crippen LogP contribution in [0.3, 0.4) is 0 Å². The average molecular weight is 1990 g/mol. The Kier molecular flexibility index (Phi) is 28.6. The van der Waals surface area contributed by atoms with E-state index in [1.807, 2.05) is 12.1 Å². The second-order valence-corrected chi connectivity index (χ2v) is 40.8. The van der Waals surface area contributed by atoms with E-state index < -0.39 is 7.25 Å². The molecule has 16 rings (SSSR count). The van der Waals surface area contributed by atoms with Crippen molar-refractivity contribution in [1.82, 2.24) is 39.9 Å². The molecular formula is C122H128AuBF4N8. The van der Waals surface area contributed by atoms with Gasteiger partial charge < -0.3 is 37.2 Å². The quantitative estimate of drug-likeness (QED) is 0.0716. The Hall–Kier alpha value is -12.3. The predicted molar refractivity (Wildman–Crippen MR) is 565 cm³/mol. The number of H-pyrrole nitrogens is 2. The van der Waals surface area contributed by atoms with Crippen molar-refractivity contribution in [3.8, 4) is 80.0 Å². The molecule has 0 spiro atoms. The SMILES string of the molecule is CCC1=C(C)c2nc1cc1[n-]c(c(C)c1CC)c(-c1ccc(C#Cc3ccc(C#Cc4ccc(C#Cc5ccc(-c6c7nc(cc8[nH]c(c(C)c8CC)c(-c8cc(C(C)(C)C)cc(C(C)(C)C)c8)c8nc(cc9[nH]c6c(C)c9CC)C(CC)=C8C)C(CC)=C7C)cc5)cc4)cc3)cc1)c1nc(cc3[n-]c(c(C)c3CC)c2-c2cc(C(C)(C)C)cc(C(C)(C)C)c2)C(CC)=C1C.F[B-](F)(F)F.[Au+3]. The fourth-order valence-corrected chi connectivity index (χ4v) is 20.0. The second-order valence-electron chi connectivity index (χ2n) is 40.8. The monoisotopic (exact) mass is 1990 g/mol. The first-order valence-electron chi connectivity index (χ1n) is 48.4. The van der Waals surface area contributed by atoms with Crippen LogP contribution in [0.4, 0.5) is 17.3 Å². The van der Waals surface area contributed by atoms with Gasteiger partial charge in [0.2, 0.25) is 0 Å². The molecule has 16 bridgehead atoms. The van der Waals surface area contributed by atoms with Gasteiger partial charge in [0.25, 0.3) is 0 Å². The molecule has 698 valence electrons. The number of rotatable bonds is 12. The van der Waals surface area contributed by atoms with Crippen LogP contribution in [-0.2, 0) is 69.7 Å². The van der Waals surface area contributed by atoms with Crippen molar-refractivity contribution in [2.45, 2.75) is 267 Å². The van der Waals surface area contributed by atoms with E-state index >= 15 is 0 Å². The maximum absolute atomic E-state index is 9.75. The van der Waals surface area contributed by atoms with Gasteiger partial charge in [-0.15, -0.1) is 22.1 Å². The van der Waals surface area contributed by atoms with E-state index in [2.05, 4.69) is 385 Å². The van der Waals surface area contributed by atoms with Crippen molar-refractivity contribution >= 4 is 96.0 Å². The van der Waals surface area contributed by atoms with Crippen LogP contribution in [0, 0.1) is 63.2 Å². The molecule has 10 heterocycles. The van der Waals surface area contributed by atoms with Crippen LogP contribution in [-0.4, -0.2) is 37.2 Å². The van der Waals surface area contributed by atoms with Crippen molar-refractivity contribution in [2.24, 2.45) is 0 Å². The molecule has 0 aliphatic carbocycles. The van der Waals surface area contributed by atoms with Crippen LogP contribution in [0.1, 0.15) is 338 Å². The standard InChI is InChI=1S/C122H128N8.Au.BF4/c1-29-91-69(9)111-107(112-70(10)92(30-2)100(124-112)66-104-96(34-6)74(14)116(128-104)109(115-73(13)95(33-5)103(127-115)65-99(91)123-111)85-59-87(119(17,18)19)63-88(60-85)120(20,21)22)83-55-51-81(52-56-83)49-47-79-43-39-77(40-44-79)37-38-78-41-45-80(46-42-78)48-50-82-53-57-84(58-54-82)108-113-71(11)93(31-3)101(125-113)67-105-97(35-7)75(15)117(129-105)110(86-61-89(121(23,24)25)64-90(62-86)122(26,27)28)118-76(16)98(36-8)106(130-118)68-102-94(32-4)72(12)114(108)126-102;;2-1(3,4)5/h39-46,51-68,123,128H,29-36H2,1-28H3;;/q-2;+3;-1. The van der Waals surface area contributed by atoms with E-state index in [1.165, 1.54) is 106 Å². The zero-order valence-electron chi connectivity index (χ0n) is 84.7. The Bertz CT molecular complexity index is 7020. The number of nitrogens with zero attached hydrogens (tertiary/aromatic N) is 6. The van der Waals surface area contributed by atoms with Gasteiger partial charge >= 0.3 is 29.6 Å². The van der Waals surface area contributed by atoms with Gasteiger partial charge in [0.15, 0.2) is 0 Å². The smallest absolute Gasteiger partial charge is 0.657 e. The van der Waals surface area contributed by atoms with Crippen LogP contribution in [0.5, 0.6) is 0 Å². The molecule has 12 aromatic rings. The van der Waals surface area contributed by atoms with Crippen LogP contribution in [0.2, 0.25) is 0 Å². The summed E-state index contributed by atoms with van der Waals surface area (Å²) in [4.78, 5) is 42.7. The number of allylic oxidation sites excluding steroid dienone is 8. The van der Waals surface area contributed by atoms with E-state index in [9.17, 15) is 17.3 Å². The molecule has 8 nitrogen and oxygen atoms in total. The Morgan fingerprint density at radius 2 is 0.515 bits per heavy atom. The molecule has 6 aromatic carbocycles. The molecule has 0 unspecified atom stereocenters. The first kappa shape index (κ1) is 99.7. The number of hydrogen-bond acceptors (Lipinski definition) is 4. The summed E-state index contributed by atoms with van der Waals surface area (Å²) < 4.78 is 39.0. The van der Waals surface area contributed by atoms with Gasteiger partial charge in [-0.1, -0.05) is 269 Å². The summed E-state index contributed by atoms with van der Waals surface area (Å²) in [6.45, 7) is 64.1. The third-order valence-electron chi connectivity index (χ3n) is 27.9. The molecule has 14 heteroatoms. The van der Waals surface area contributed by atoms with E-state index in [-0.39, 0.29) is 44.0 Å². The number of fused-ring (bicyclic) bond motifs is 16. The Morgan fingerprint density at radius 1 is 0.287 bits per heavy atom. The maximum Gasteiger partial charge on any atom is 3.00 e. The topological polar surface area (TPSA) is 111 Å². The molecule has 0 amide bonds. The summed E-state index contributed by atoms with van der Waals surface area (Å²) in [6.07, 6.45) is 6.65. The summed E-state index contributed by atoms with van der Waals surface area (Å²) in [6, 6.07) is 57.6. The number of halogens is 4. The van der Waals surface area contributed by atoms with Crippen molar-refractivity contribution in [3.63, 3.8) is 0 Å². The zero-order valence-corrected chi connectivity index (χ0v) is 86.9. The van der Waals surface area contributed by atoms with Crippen molar-refractivity contribution in [2.75, 3.05) is 0 Å². The molecule has 4 aliphatic rings. The van der Waals surface area contributed by atoms with Crippen LogP contribution in [0.25, 0.3) is 133 Å². The third kappa shape index (κ3) is 19.9. The van der Waals surface area contributed by atoms with Gasteiger partial charge in [-0.05, 0) is 336 Å². The normalized spacial score (nSPS) is 13.0. The Morgan fingerprint density at radius 3 is 0.772 bits per heavy atom.